The van der Waals surface area contributed by atoms with E-state index >= 15 is 0 Å². The van der Waals surface area contributed by atoms with Crippen LogP contribution in [-0.2, 0) is 25.6 Å². The van der Waals surface area contributed by atoms with Crippen molar-refractivity contribution in [3.05, 3.63) is 57.8 Å². The number of aldehydes is 1. The van der Waals surface area contributed by atoms with E-state index in [0.717, 1.165) is 0 Å². The van der Waals surface area contributed by atoms with Gasteiger partial charge in [0.1, 0.15) is 18.4 Å². The number of aliphatic carboxylic acids is 1. The van der Waals surface area contributed by atoms with Crippen molar-refractivity contribution in [2.75, 3.05) is 6.54 Å². The Kier molecular flexibility index (Phi) is 9.42. The van der Waals surface area contributed by atoms with Crippen molar-refractivity contribution in [1.29, 1.82) is 0 Å². The van der Waals surface area contributed by atoms with E-state index in [1.54, 1.807) is 18.3 Å². The van der Waals surface area contributed by atoms with Gasteiger partial charge in [-0.3, -0.25) is 24.2 Å². The van der Waals surface area contributed by atoms with E-state index in [1.165, 1.54) is 23.2 Å². The van der Waals surface area contributed by atoms with Gasteiger partial charge in [-0.15, -0.1) is 0 Å². The minimum Gasteiger partial charge on any atom is -0.505 e. The van der Waals surface area contributed by atoms with Crippen molar-refractivity contribution in [3.63, 3.8) is 0 Å². The number of hydrogen-bond donors (Lipinski definition) is 4. The number of nitrogens with zero attached hydrogens (tertiary/aromatic N) is 2. The fourth-order valence-electron chi connectivity index (χ4n) is 4.00. The maximum atomic E-state index is 13.6. The number of pyridine rings is 1. The standard InChI is InChI=1S/C24H24Cl2N4O7/c25-16-8-14(9-17(26)21(16)34)22(35)29-18(7-13-3-1-5-27-11-13)24(37)30-6-2-4-19(30)23(36)28-15(12-31)10-20(32)33/h1,3,5,8-9,11-12,15,18-19,34H,2,4,6-7,10H2,(H,28,36)(H,29,35)(H,32,33)/t15?,18-,19-/m0/s1. The second-order valence-electron chi connectivity index (χ2n) is 8.42. The SMILES string of the molecule is O=CC(CC(=O)O)NC(=O)[C@@H]1CCCN1C(=O)[C@H](Cc1cccnc1)NC(=O)c1cc(Cl)c(O)c(Cl)c1. The van der Waals surface area contributed by atoms with Gasteiger partial charge in [0.2, 0.25) is 11.8 Å². The van der Waals surface area contributed by atoms with Crippen LogP contribution in [0, 0.1) is 0 Å². The third-order valence-electron chi connectivity index (χ3n) is 5.77. The Morgan fingerprint density at radius 3 is 2.49 bits per heavy atom. The van der Waals surface area contributed by atoms with E-state index in [-0.39, 0.29) is 34.3 Å². The topological polar surface area (TPSA) is 166 Å². The number of halogens is 2. The first-order valence-corrected chi connectivity index (χ1v) is 12.0. The molecule has 2 heterocycles. The predicted octanol–water partition coefficient (Wildman–Crippen LogP) is 1.58. The van der Waals surface area contributed by atoms with Crippen LogP contribution in [0.4, 0.5) is 0 Å². The molecule has 196 valence electrons. The van der Waals surface area contributed by atoms with E-state index in [1.807, 2.05) is 0 Å². The number of likely N-dealkylation sites (tertiary alicyclic amines) is 1. The summed E-state index contributed by atoms with van der Waals surface area (Å²) in [7, 11) is 0. The van der Waals surface area contributed by atoms with Crippen LogP contribution in [0.2, 0.25) is 10.0 Å². The zero-order valence-corrected chi connectivity index (χ0v) is 20.9. The number of benzene rings is 1. The van der Waals surface area contributed by atoms with Crippen LogP contribution in [0.15, 0.2) is 36.7 Å². The lowest BCUT2D eigenvalue weighted by Gasteiger charge is -2.29. The van der Waals surface area contributed by atoms with Gasteiger partial charge in [-0.1, -0.05) is 29.3 Å². The highest BCUT2D eigenvalue weighted by Gasteiger charge is 2.38. The average molecular weight is 551 g/mol. The molecule has 1 aromatic heterocycles. The van der Waals surface area contributed by atoms with Gasteiger partial charge in [0, 0.05) is 30.9 Å². The number of aromatic nitrogens is 1. The molecular weight excluding hydrogens is 527 g/mol. The van der Waals surface area contributed by atoms with E-state index in [2.05, 4.69) is 15.6 Å². The highest BCUT2D eigenvalue weighted by Crippen LogP contribution is 2.32. The lowest BCUT2D eigenvalue weighted by Crippen LogP contribution is -2.55. The zero-order valence-electron chi connectivity index (χ0n) is 19.4. The van der Waals surface area contributed by atoms with E-state index in [4.69, 9.17) is 28.3 Å². The van der Waals surface area contributed by atoms with Crippen LogP contribution < -0.4 is 10.6 Å². The first-order valence-electron chi connectivity index (χ1n) is 11.3. The smallest absolute Gasteiger partial charge is 0.305 e. The molecular formula is C24H24Cl2N4O7. The molecule has 3 amide bonds. The Bertz CT molecular complexity index is 1170. The average Bonchev–Trinajstić information content (AvgIpc) is 3.36. The Balaban J connectivity index is 1.83. The van der Waals surface area contributed by atoms with Crippen molar-refractivity contribution in [1.82, 2.24) is 20.5 Å². The molecule has 0 aliphatic carbocycles. The number of rotatable bonds is 10. The molecule has 11 nitrogen and oxygen atoms in total. The summed E-state index contributed by atoms with van der Waals surface area (Å²) >= 11 is 11.9. The van der Waals surface area contributed by atoms with Gasteiger partial charge < -0.3 is 30.5 Å². The predicted molar refractivity (Wildman–Crippen MR) is 132 cm³/mol. The van der Waals surface area contributed by atoms with E-state index < -0.39 is 48.2 Å². The normalized spacial score (nSPS) is 16.5. The molecule has 37 heavy (non-hydrogen) atoms. The lowest BCUT2D eigenvalue weighted by atomic mass is 10.0. The van der Waals surface area contributed by atoms with Gasteiger partial charge in [-0.05, 0) is 36.6 Å². The van der Waals surface area contributed by atoms with Crippen LogP contribution in [0.25, 0.3) is 0 Å². The summed E-state index contributed by atoms with van der Waals surface area (Å²) in [4.78, 5) is 66.9. The number of amides is 3. The molecule has 0 bridgehead atoms. The summed E-state index contributed by atoms with van der Waals surface area (Å²) in [6, 6.07) is 2.51. The number of nitrogens with one attached hydrogen (secondary N) is 2. The van der Waals surface area contributed by atoms with Crippen molar-refractivity contribution < 1.29 is 34.2 Å². The number of carboxylic acids is 1. The molecule has 1 aromatic carbocycles. The van der Waals surface area contributed by atoms with Crippen LogP contribution in [0.1, 0.15) is 35.2 Å². The molecule has 3 rings (SSSR count). The minimum atomic E-state index is -1.26. The second-order valence-corrected chi connectivity index (χ2v) is 9.23. The summed E-state index contributed by atoms with van der Waals surface area (Å²) in [6.45, 7) is 0.220. The Labute approximate surface area is 221 Å². The fraction of sp³-hybridized carbons (Fsp3) is 0.333. The number of carbonyl (C=O) groups excluding carboxylic acids is 4. The molecule has 1 aliphatic heterocycles. The van der Waals surface area contributed by atoms with Crippen LogP contribution >= 0.6 is 23.2 Å². The molecule has 1 fully saturated rings. The second kappa shape index (κ2) is 12.5. The monoisotopic (exact) mass is 550 g/mol. The molecule has 0 radical (unpaired) electrons. The lowest BCUT2D eigenvalue weighted by molar-refractivity contribution is -0.142. The summed E-state index contributed by atoms with van der Waals surface area (Å²) in [5, 5.41) is 23.4. The maximum Gasteiger partial charge on any atom is 0.305 e. The van der Waals surface area contributed by atoms with Gasteiger partial charge in [-0.25, -0.2) is 0 Å². The number of carboxylic acid groups (broad SMARTS) is 1. The van der Waals surface area contributed by atoms with Gasteiger partial charge in [0.25, 0.3) is 5.91 Å². The quantitative estimate of drug-likeness (QED) is 0.323. The van der Waals surface area contributed by atoms with Crippen LogP contribution in [-0.4, -0.2) is 74.7 Å². The molecule has 3 atom stereocenters. The third-order valence-corrected chi connectivity index (χ3v) is 6.35. The molecule has 0 saturated carbocycles. The van der Waals surface area contributed by atoms with Gasteiger partial charge in [0.15, 0.2) is 5.75 Å². The largest absolute Gasteiger partial charge is 0.505 e. The number of hydrogen-bond acceptors (Lipinski definition) is 7. The van der Waals surface area contributed by atoms with Gasteiger partial charge in [0.05, 0.1) is 22.5 Å². The maximum absolute atomic E-state index is 13.6. The number of phenols is 1. The summed E-state index contributed by atoms with van der Waals surface area (Å²) in [5.74, 6) is -3.54. The van der Waals surface area contributed by atoms with Crippen LogP contribution in [0.3, 0.4) is 0 Å². The highest BCUT2D eigenvalue weighted by atomic mass is 35.5. The Hall–Kier alpha value is -3.70. The molecule has 13 heteroatoms. The molecule has 0 spiro atoms. The number of carbonyl (C=O) groups is 5. The van der Waals surface area contributed by atoms with E-state index in [0.29, 0.717) is 24.7 Å². The van der Waals surface area contributed by atoms with Crippen molar-refractivity contribution >= 4 is 53.2 Å². The third kappa shape index (κ3) is 7.17. The van der Waals surface area contributed by atoms with Gasteiger partial charge in [-0.2, -0.15) is 0 Å². The van der Waals surface area contributed by atoms with Gasteiger partial charge >= 0.3 is 5.97 Å². The minimum absolute atomic E-state index is 0.00926. The van der Waals surface area contributed by atoms with Crippen molar-refractivity contribution in [3.8, 4) is 5.75 Å². The Morgan fingerprint density at radius 1 is 1.19 bits per heavy atom. The number of phenolic OH excluding ortho intramolecular Hbond substituents is 1. The first-order chi connectivity index (χ1) is 17.6. The molecule has 1 aliphatic rings. The molecule has 1 unspecified atom stereocenters. The van der Waals surface area contributed by atoms with Crippen LogP contribution in [0.5, 0.6) is 5.75 Å². The van der Waals surface area contributed by atoms with Crippen molar-refractivity contribution in [2.45, 2.75) is 43.8 Å². The molecule has 4 N–H and O–H groups in total. The first kappa shape index (κ1) is 27.9. The fourth-order valence-corrected chi connectivity index (χ4v) is 4.48. The van der Waals surface area contributed by atoms with Crippen molar-refractivity contribution in [2.24, 2.45) is 0 Å². The summed E-state index contributed by atoms with van der Waals surface area (Å²) in [6.07, 6.45) is 3.67. The molecule has 2 aromatic rings. The summed E-state index contributed by atoms with van der Waals surface area (Å²) < 4.78 is 0. The Morgan fingerprint density at radius 2 is 1.89 bits per heavy atom. The molecule has 1 saturated heterocycles. The highest BCUT2D eigenvalue weighted by molar-refractivity contribution is 6.37. The zero-order chi connectivity index (χ0) is 27.1. The number of aromatic hydroxyl groups is 1. The van der Waals surface area contributed by atoms with E-state index in [9.17, 15) is 29.1 Å². The summed E-state index contributed by atoms with van der Waals surface area (Å²) in [5.41, 5.74) is 0.653.